The molecule has 0 radical (unpaired) electrons. The summed E-state index contributed by atoms with van der Waals surface area (Å²) in [5.41, 5.74) is 4.55. The van der Waals surface area contributed by atoms with Gasteiger partial charge in [-0.25, -0.2) is 4.98 Å². The Hall–Kier alpha value is -2.90. The molecule has 0 aliphatic carbocycles. The molecular formula is C13H8ClN5O4S. The molecule has 0 fully saturated rings. The van der Waals surface area contributed by atoms with Crippen molar-refractivity contribution in [3.63, 3.8) is 0 Å². The monoisotopic (exact) mass is 365 g/mol. The number of hydrogen-bond acceptors (Lipinski definition) is 8. The van der Waals surface area contributed by atoms with E-state index < -0.39 is 16.5 Å². The van der Waals surface area contributed by atoms with E-state index in [1.165, 1.54) is 18.2 Å². The number of nitrogens with zero attached hydrogens (tertiary/aromatic N) is 4. The zero-order valence-corrected chi connectivity index (χ0v) is 13.6. The third-order valence-electron chi connectivity index (χ3n) is 2.75. The Labute approximate surface area is 144 Å². The first-order valence-corrected chi connectivity index (χ1v) is 7.75. The molecule has 2 N–H and O–H groups in total. The number of ether oxygens (including phenoxy) is 1. The first kappa shape index (κ1) is 17.5. The maximum atomic E-state index is 11.4. The molecule has 0 aliphatic rings. The minimum Gasteiger partial charge on any atom is -0.434 e. The molecule has 2 rings (SSSR count). The lowest BCUT2D eigenvalue weighted by molar-refractivity contribution is -0.386. The van der Waals surface area contributed by atoms with E-state index in [1.807, 2.05) is 6.07 Å². The zero-order valence-electron chi connectivity index (χ0n) is 12.0. The number of carbonyl (C=O) groups is 1. The number of primary amides is 1. The van der Waals surface area contributed by atoms with Gasteiger partial charge in [-0.1, -0.05) is 23.4 Å². The third-order valence-corrected chi connectivity index (χ3v) is 3.56. The SMILES string of the molecule is CSc1nc(Cl)c([N+](=O)[O-])c(Oc2ccc(C#N)c(C(N)=O)c2)n1. The van der Waals surface area contributed by atoms with Crippen molar-refractivity contribution in [2.75, 3.05) is 6.26 Å². The molecule has 0 atom stereocenters. The lowest BCUT2D eigenvalue weighted by Crippen LogP contribution is -2.13. The molecule has 0 spiro atoms. The van der Waals surface area contributed by atoms with Gasteiger partial charge in [0.2, 0.25) is 11.1 Å². The number of carbonyl (C=O) groups excluding carboxylic acids is 1. The van der Waals surface area contributed by atoms with Gasteiger partial charge in [0.25, 0.3) is 0 Å². The molecule has 1 amide bonds. The van der Waals surface area contributed by atoms with E-state index in [2.05, 4.69) is 9.97 Å². The van der Waals surface area contributed by atoms with Crippen LogP contribution in [-0.2, 0) is 0 Å². The van der Waals surface area contributed by atoms with Gasteiger partial charge >= 0.3 is 11.6 Å². The van der Waals surface area contributed by atoms with Crippen molar-refractivity contribution in [1.29, 1.82) is 5.26 Å². The maximum absolute atomic E-state index is 11.4. The summed E-state index contributed by atoms with van der Waals surface area (Å²) in [6.07, 6.45) is 1.66. The maximum Gasteiger partial charge on any atom is 0.368 e. The predicted octanol–water partition coefficient (Wildman–Crippen LogP) is 2.52. The average molecular weight is 366 g/mol. The second-order valence-electron chi connectivity index (χ2n) is 4.20. The summed E-state index contributed by atoms with van der Waals surface area (Å²) in [6.45, 7) is 0. The molecule has 0 aliphatic heterocycles. The van der Waals surface area contributed by atoms with Crippen LogP contribution in [0.2, 0.25) is 5.15 Å². The van der Waals surface area contributed by atoms with Crippen LogP contribution in [0, 0.1) is 21.4 Å². The minimum atomic E-state index is -0.836. The molecule has 9 nitrogen and oxygen atoms in total. The molecule has 11 heteroatoms. The van der Waals surface area contributed by atoms with Crippen LogP contribution < -0.4 is 10.5 Å². The summed E-state index contributed by atoms with van der Waals surface area (Å²) in [4.78, 5) is 29.4. The molecule has 0 bridgehead atoms. The van der Waals surface area contributed by atoms with Crippen LogP contribution in [0.15, 0.2) is 23.4 Å². The normalized spacial score (nSPS) is 10.0. The van der Waals surface area contributed by atoms with Crippen LogP contribution in [0.1, 0.15) is 15.9 Å². The molecule has 1 heterocycles. The number of nitro groups is 1. The van der Waals surface area contributed by atoms with Crippen LogP contribution in [0.25, 0.3) is 0 Å². The van der Waals surface area contributed by atoms with E-state index in [4.69, 9.17) is 27.3 Å². The highest BCUT2D eigenvalue weighted by Crippen LogP contribution is 2.36. The van der Waals surface area contributed by atoms with Crippen LogP contribution in [-0.4, -0.2) is 27.1 Å². The topological polar surface area (TPSA) is 145 Å². The van der Waals surface area contributed by atoms with E-state index in [-0.39, 0.29) is 33.1 Å². The fourth-order valence-corrected chi connectivity index (χ4v) is 2.34. The quantitative estimate of drug-likeness (QED) is 0.279. The first-order valence-electron chi connectivity index (χ1n) is 6.15. The van der Waals surface area contributed by atoms with Gasteiger partial charge in [-0.15, -0.1) is 0 Å². The fourth-order valence-electron chi connectivity index (χ4n) is 1.71. The molecular weight excluding hydrogens is 358 g/mol. The summed E-state index contributed by atoms with van der Waals surface area (Å²) >= 11 is 6.92. The first-order chi connectivity index (χ1) is 11.4. The molecule has 2 aromatic rings. The number of thioether (sulfide) groups is 1. The van der Waals surface area contributed by atoms with E-state index in [9.17, 15) is 14.9 Å². The lowest BCUT2D eigenvalue weighted by atomic mass is 10.1. The number of benzene rings is 1. The Morgan fingerprint density at radius 3 is 2.75 bits per heavy atom. The van der Waals surface area contributed by atoms with Gasteiger partial charge in [0.15, 0.2) is 5.16 Å². The van der Waals surface area contributed by atoms with Crippen molar-refractivity contribution >= 4 is 35.0 Å². The van der Waals surface area contributed by atoms with Crippen molar-refractivity contribution in [3.05, 3.63) is 44.6 Å². The molecule has 1 aromatic carbocycles. The minimum absolute atomic E-state index is 0.0349. The molecule has 0 saturated carbocycles. The van der Waals surface area contributed by atoms with Gasteiger partial charge in [0.05, 0.1) is 22.1 Å². The van der Waals surface area contributed by atoms with E-state index in [1.54, 1.807) is 6.26 Å². The van der Waals surface area contributed by atoms with E-state index >= 15 is 0 Å². The number of hydrogen-bond donors (Lipinski definition) is 1. The second-order valence-corrected chi connectivity index (χ2v) is 5.33. The number of nitriles is 1. The number of rotatable bonds is 5. The number of nitrogens with two attached hydrogens (primary N) is 1. The van der Waals surface area contributed by atoms with Gasteiger partial charge in [-0.3, -0.25) is 14.9 Å². The summed E-state index contributed by atoms with van der Waals surface area (Å²) in [7, 11) is 0. The predicted molar refractivity (Wildman–Crippen MR) is 85.2 cm³/mol. The highest BCUT2D eigenvalue weighted by Gasteiger charge is 2.26. The van der Waals surface area contributed by atoms with Gasteiger partial charge in [-0.05, 0) is 24.5 Å². The Balaban J connectivity index is 2.54. The molecule has 0 unspecified atom stereocenters. The molecule has 1 aromatic heterocycles. The van der Waals surface area contributed by atoms with Crippen LogP contribution in [0.3, 0.4) is 0 Å². The number of aromatic nitrogens is 2. The smallest absolute Gasteiger partial charge is 0.368 e. The lowest BCUT2D eigenvalue weighted by Gasteiger charge is -2.08. The van der Waals surface area contributed by atoms with Gasteiger partial charge in [-0.2, -0.15) is 10.2 Å². The van der Waals surface area contributed by atoms with E-state index in [0.717, 1.165) is 11.8 Å². The van der Waals surface area contributed by atoms with Crippen molar-refractivity contribution in [2.24, 2.45) is 5.73 Å². The summed E-state index contributed by atoms with van der Waals surface area (Å²) in [6, 6.07) is 5.66. The van der Waals surface area contributed by atoms with Gasteiger partial charge in [0, 0.05) is 0 Å². The number of halogens is 1. The zero-order chi connectivity index (χ0) is 17.9. The molecule has 0 saturated heterocycles. The third kappa shape index (κ3) is 3.53. The summed E-state index contributed by atoms with van der Waals surface area (Å²) < 4.78 is 5.38. The number of amides is 1. The van der Waals surface area contributed by atoms with Crippen molar-refractivity contribution in [2.45, 2.75) is 5.16 Å². The summed E-state index contributed by atoms with van der Waals surface area (Å²) in [5.74, 6) is -1.19. The molecule has 122 valence electrons. The van der Waals surface area contributed by atoms with Crippen molar-refractivity contribution in [3.8, 4) is 17.7 Å². The largest absolute Gasteiger partial charge is 0.434 e. The standard InChI is InChI=1S/C13H8ClN5O4S/c1-24-13-17-10(14)9(19(21)22)12(18-13)23-7-3-2-6(5-15)8(4-7)11(16)20/h2-4H,1H3,(H2,16,20). The van der Waals surface area contributed by atoms with Gasteiger partial charge in [0.1, 0.15) is 5.75 Å². The Morgan fingerprint density at radius 2 is 2.21 bits per heavy atom. The molecule has 24 heavy (non-hydrogen) atoms. The van der Waals surface area contributed by atoms with Crippen LogP contribution in [0.4, 0.5) is 5.69 Å². The van der Waals surface area contributed by atoms with E-state index in [0.29, 0.717) is 0 Å². The van der Waals surface area contributed by atoms with Crippen LogP contribution >= 0.6 is 23.4 Å². The van der Waals surface area contributed by atoms with Gasteiger partial charge < -0.3 is 10.5 Å². The van der Waals surface area contributed by atoms with Crippen molar-refractivity contribution in [1.82, 2.24) is 9.97 Å². The van der Waals surface area contributed by atoms with Crippen LogP contribution in [0.5, 0.6) is 11.6 Å². The Morgan fingerprint density at radius 1 is 1.50 bits per heavy atom. The Bertz CT molecular complexity index is 883. The van der Waals surface area contributed by atoms with Crippen molar-refractivity contribution < 1.29 is 14.5 Å². The fraction of sp³-hybridized carbons (Fsp3) is 0.0769. The Kier molecular flexibility index (Phi) is 5.18. The highest BCUT2D eigenvalue weighted by atomic mass is 35.5. The highest BCUT2D eigenvalue weighted by molar-refractivity contribution is 7.98. The second kappa shape index (κ2) is 7.12. The summed E-state index contributed by atoms with van der Waals surface area (Å²) in [5, 5.41) is 19.9. The average Bonchev–Trinajstić information content (AvgIpc) is 2.53.